The number of carbonyl (C=O) groups excluding carboxylic acids is 1. The molecule has 1 N–H and O–H groups in total. The Morgan fingerprint density at radius 2 is 2.17 bits per heavy atom. The van der Waals surface area contributed by atoms with Crippen LogP contribution in [0.1, 0.15) is 23.4 Å². The first kappa shape index (κ1) is 16.5. The Hall–Kier alpha value is -2.34. The van der Waals surface area contributed by atoms with Crippen molar-refractivity contribution in [3.05, 3.63) is 47.3 Å². The lowest BCUT2D eigenvalue weighted by Crippen LogP contribution is -2.33. The molecule has 2 amide bonds. The molecular weight excluding hydrogens is 306 g/mol. The van der Waals surface area contributed by atoms with Crippen molar-refractivity contribution in [3.8, 4) is 0 Å². The lowest BCUT2D eigenvalue weighted by atomic mass is 10.1. The average molecular weight is 329 g/mol. The summed E-state index contributed by atoms with van der Waals surface area (Å²) in [6.07, 6.45) is 0.962. The Balaban J connectivity index is 1.44. The van der Waals surface area contributed by atoms with Gasteiger partial charge in [0.15, 0.2) is 5.76 Å². The van der Waals surface area contributed by atoms with Crippen LogP contribution >= 0.6 is 0 Å². The van der Waals surface area contributed by atoms with E-state index in [4.69, 9.17) is 9.26 Å². The number of hydrogen-bond acceptors (Lipinski definition) is 4. The van der Waals surface area contributed by atoms with Crippen LogP contribution in [0, 0.1) is 19.8 Å². The summed E-state index contributed by atoms with van der Waals surface area (Å²) in [4.78, 5) is 14.2. The second-order valence-corrected chi connectivity index (χ2v) is 6.23. The summed E-state index contributed by atoms with van der Waals surface area (Å²) in [5, 5.41) is 6.74. The quantitative estimate of drug-likeness (QED) is 0.913. The van der Waals surface area contributed by atoms with Crippen molar-refractivity contribution in [2.75, 3.05) is 25.0 Å². The number of benzene rings is 1. The third kappa shape index (κ3) is 3.94. The van der Waals surface area contributed by atoms with Gasteiger partial charge in [-0.05, 0) is 25.8 Å². The van der Waals surface area contributed by atoms with Crippen LogP contribution in [0.2, 0.25) is 0 Å². The average Bonchev–Trinajstić information content (AvgIpc) is 3.18. The Morgan fingerprint density at radius 3 is 2.88 bits per heavy atom. The number of ether oxygens (including phenoxy) is 1. The van der Waals surface area contributed by atoms with E-state index < -0.39 is 0 Å². The second kappa shape index (κ2) is 7.49. The molecule has 1 aliphatic heterocycles. The molecule has 0 spiro atoms. The van der Waals surface area contributed by atoms with Gasteiger partial charge in [0.2, 0.25) is 0 Å². The van der Waals surface area contributed by atoms with Gasteiger partial charge >= 0.3 is 6.03 Å². The number of aryl methyl sites for hydroxylation is 2. The number of hydrogen-bond donors (Lipinski definition) is 1. The topological polar surface area (TPSA) is 67.6 Å². The fourth-order valence-corrected chi connectivity index (χ4v) is 2.92. The molecular formula is C18H23N3O3. The van der Waals surface area contributed by atoms with Crippen molar-refractivity contribution in [2.24, 2.45) is 5.92 Å². The van der Waals surface area contributed by atoms with Crippen LogP contribution < -0.4 is 5.32 Å². The summed E-state index contributed by atoms with van der Waals surface area (Å²) in [5.41, 5.74) is 2.54. The number of nitrogens with zero attached hydrogens (tertiary/aromatic N) is 2. The van der Waals surface area contributed by atoms with Gasteiger partial charge in [-0.2, -0.15) is 0 Å². The molecule has 3 rings (SSSR count). The zero-order valence-electron chi connectivity index (χ0n) is 14.1. The largest absolute Gasteiger partial charge is 0.376 e. The molecule has 1 aliphatic rings. The van der Waals surface area contributed by atoms with Crippen molar-refractivity contribution < 1.29 is 14.1 Å². The van der Waals surface area contributed by atoms with Gasteiger partial charge in [0.1, 0.15) is 11.4 Å². The van der Waals surface area contributed by atoms with E-state index in [9.17, 15) is 4.79 Å². The lowest BCUT2D eigenvalue weighted by Gasteiger charge is -2.17. The molecule has 2 aromatic rings. The molecule has 6 heteroatoms. The minimum absolute atomic E-state index is 0.102. The summed E-state index contributed by atoms with van der Waals surface area (Å²) in [6, 6.07) is 10.0. The maximum absolute atomic E-state index is 12.4. The zero-order chi connectivity index (χ0) is 16.9. The molecule has 1 atom stereocenters. The fourth-order valence-electron chi connectivity index (χ4n) is 2.92. The first-order valence-corrected chi connectivity index (χ1v) is 8.24. The van der Waals surface area contributed by atoms with Gasteiger partial charge in [0.25, 0.3) is 0 Å². The van der Waals surface area contributed by atoms with Gasteiger partial charge in [-0.3, -0.25) is 0 Å². The maximum Gasteiger partial charge on any atom is 0.322 e. The Labute approximate surface area is 141 Å². The zero-order valence-corrected chi connectivity index (χ0v) is 14.1. The highest BCUT2D eigenvalue weighted by molar-refractivity contribution is 5.90. The number of carbonyl (C=O) groups is 1. The molecule has 0 aliphatic carbocycles. The molecule has 0 radical (unpaired) electrons. The first-order valence-electron chi connectivity index (χ1n) is 8.24. The van der Waals surface area contributed by atoms with Crippen molar-refractivity contribution in [1.29, 1.82) is 0 Å². The highest BCUT2D eigenvalue weighted by Crippen LogP contribution is 2.22. The van der Waals surface area contributed by atoms with Gasteiger partial charge in [-0.25, -0.2) is 4.79 Å². The number of nitrogens with one attached hydrogen (secondary N) is 1. The molecule has 6 nitrogen and oxygen atoms in total. The molecule has 2 heterocycles. The summed E-state index contributed by atoms with van der Waals surface area (Å²) in [7, 11) is 0. The number of aromatic nitrogens is 1. The fraction of sp³-hybridized carbons (Fsp3) is 0.444. The number of likely N-dealkylation sites (tertiary alicyclic amines) is 1. The van der Waals surface area contributed by atoms with Crippen LogP contribution in [0.3, 0.4) is 0 Å². The normalized spacial score (nSPS) is 17.2. The van der Waals surface area contributed by atoms with Crippen molar-refractivity contribution in [2.45, 2.75) is 26.9 Å². The number of urea groups is 1. The van der Waals surface area contributed by atoms with Gasteiger partial charge in [0.05, 0.1) is 13.2 Å². The molecule has 0 saturated carbocycles. The number of anilines is 1. The monoisotopic (exact) mass is 329 g/mol. The molecule has 1 aromatic heterocycles. The van der Waals surface area contributed by atoms with Crippen LogP contribution in [0.15, 0.2) is 34.9 Å². The Bertz CT molecular complexity index is 665. The van der Waals surface area contributed by atoms with E-state index in [2.05, 4.69) is 22.6 Å². The van der Waals surface area contributed by atoms with E-state index in [1.807, 2.05) is 30.0 Å². The van der Waals surface area contributed by atoms with Crippen molar-refractivity contribution in [1.82, 2.24) is 10.1 Å². The minimum Gasteiger partial charge on any atom is -0.376 e. The van der Waals surface area contributed by atoms with E-state index in [1.54, 1.807) is 6.92 Å². The van der Waals surface area contributed by atoms with Crippen LogP contribution in [-0.4, -0.2) is 35.8 Å². The van der Waals surface area contributed by atoms with E-state index in [0.29, 0.717) is 42.8 Å². The van der Waals surface area contributed by atoms with Gasteiger partial charge in [0, 0.05) is 19.0 Å². The van der Waals surface area contributed by atoms with Crippen molar-refractivity contribution in [3.63, 3.8) is 0 Å². The van der Waals surface area contributed by atoms with Gasteiger partial charge in [-0.15, -0.1) is 0 Å². The van der Waals surface area contributed by atoms with E-state index >= 15 is 0 Å². The minimum atomic E-state index is -0.102. The molecule has 1 aromatic carbocycles. The van der Waals surface area contributed by atoms with Gasteiger partial charge in [-0.1, -0.05) is 35.5 Å². The second-order valence-electron chi connectivity index (χ2n) is 6.23. The van der Waals surface area contributed by atoms with Crippen LogP contribution in [0.4, 0.5) is 10.5 Å². The van der Waals surface area contributed by atoms with E-state index in [1.165, 1.54) is 5.56 Å². The smallest absolute Gasteiger partial charge is 0.322 e. The molecule has 128 valence electrons. The van der Waals surface area contributed by atoms with Crippen molar-refractivity contribution >= 4 is 11.7 Å². The van der Waals surface area contributed by atoms with Crippen LogP contribution in [0.5, 0.6) is 0 Å². The Morgan fingerprint density at radius 1 is 1.38 bits per heavy atom. The number of rotatable bonds is 5. The SMILES string of the molecule is Cc1noc(C)c1NC(=O)N1CC[C@H](COCc2ccccc2)C1. The van der Waals surface area contributed by atoms with Gasteiger partial charge < -0.3 is 19.5 Å². The highest BCUT2D eigenvalue weighted by Gasteiger charge is 2.27. The molecule has 24 heavy (non-hydrogen) atoms. The summed E-state index contributed by atoms with van der Waals surface area (Å²) >= 11 is 0. The number of amides is 2. The molecule has 1 fully saturated rings. The standard InChI is InChI=1S/C18H23N3O3/c1-13-17(14(2)24-20-13)19-18(22)21-9-8-16(10-21)12-23-11-15-6-4-3-5-7-15/h3-7,16H,8-12H2,1-2H3,(H,19,22)/t16-/m0/s1. The highest BCUT2D eigenvalue weighted by atomic mass is 16.5. The van der Waals surface area contributed by atoms with E-state index in [-0.39, 0.29) is 6.03 Å². The predicted molar refractivity (Wildman–Crippen MR) is 90.8 cm³/mol. The Kier molecular flexibility index (Phi) is 5.15. The van der Waals surface area contributed by atoms with E-state index in [0.717, 1.165) is 13.0 Å². The predicted octanol–water partition coefficient (Wildman–Crippen LogP) is 3.36. The lowest BCUT2D eigenvalue weighted by molar-refractivity contribution is 0.0900. The molecule has 1 saturated heterocycles. The summed E-state index contributed by atoms with van der Waals surface area (Å²) < 4.78 is 10.9. The molecule has 0 unspecified atom stereocenters. The summed E-state index contributed by atoms with van der Waals surface area (Å²) in [6.45, 7) is 6.35. The maximum atomic E-state index is 12.4. The summed E-state index contributed by atoms with van der Waals surface area (Å²) in [5.74, 6) is 1.01. The third-order valence-corrected chi connectivity index (χ3v) is 4.30. The molecule has 0 bridgehead atoms. The van der Waals surface area contributed by atoms with Crippen LogP contribution in [0.25, 0.3) is 0 Å². The van der Waals surface area contributed by atoms with Crippen LogP contribution in [-0.2, 0) is 11.3 Å². The third-order valence-electron chi connectivity index (χ3n) is 4.30. The first-order chi connectivity index (χ1) is 11.6.